The highest BCUT2D eigenvalue weighted by atomic mass is 35.5. The molecule has 1 aliphatic carbocycles. The van der Waals surface area contributed by atoms with Crippen LogP contribution in [0.5, 0.6) is 5.75 Å². The third kappa shape index (κ3) is 2.51. The van der Waals surface area contributed by atoms with Crippen LogP contribution in [0.15, 0.2) is 36.4 Å². The summed E-state index contributed by atoms with van der Waals surface area (Å²) in [6.45, 7) is 0.121. The minimum Gasteiger partial charge on any atom is -0.489 e. The first-order valence-electron chi connectivity index (χ1n) is 6.59. The van der Waals surface area contributed by atoms with Crippen molar-refractivity contribution >= 4 is 11.6 Å². The summed E-state index contributed by atoms with van der Waals surface area (Å²) in [4.78, 5) is 0. The van der Waals surface area contributed by atoms with Crippen molar-refractivity contribution in [2.24, 2.45) is 5.73 Å². The number of aryl methyl sites for hydroxylation is 1. The number of nitrogens with two attached hydrogens (primary N) is 1. The third-order valence-electron chi connectivity index (χ3n) is 3.68. The highest BCUT2D eigenvalue weighted by Crippen LogP contribution is 2.32. The molecule has 4 heteroatoms. The second-order valence-electron chi connectivity index (χ2n) is 4.99. The zero-order valence-corrected chi connectivity index (χ0v) is 11.7. The van der Waals surface area contributed by atoms with Crippen LogP contribution < -0.4 is 10.5 Å². The molecule has 0 amide bonds. The molecule has 0 aliphatic heterocycles. The van der Waals surface area contributed by atoms with Gasteiger partial charge in [0.25, 0.3) is 0 Å². The van der Waals surface area contributed by atoms with Gasteiger partial charge < -0.3 is 10.5 Å². The van der Waals surface area contributed by atoms with Gasteiger partial charge in [-0.1, -0.05) is 23.7 Å². The summed E-state index contributed by atoms with van der Waals surface area (Å²) >= 11 is 5.97. The van der Waals surface area contributed by atoms with E-state index in [9.17, 15) is 4.39 Å². The molecule has 20 heavy (non-hydrogen) atoms. The molecule has 0 saturated carbocycles. The average Bonchev–Trinajstić information content (AvgIpc) is 2.79. The lowest BCUT2D eigenvalue weighted by atomic mass is 10.1. The zero-order valence-electron chi connectivity index (χ0n) is 10.9. The fourth-order valence-corrected chi connectivity index (χ4v) is 2.76. The van der Waals surface area contributed by atoms with E-state index >= 15 is 0 Å². The van der Waals surface area contributed by atoms with Gasteiger partial charge in [-0.05, 0) is 48.2 Å². The molecule has 2 aromatic carbocycles. The summed E-state index contributed by atoms with van der Waals surface area (Å²) in [7, 11) is 0. The highest BCUT2D eigenvalue weighted by molar-refractivity contribution is 6.31. The van der Waals surface area contributed by atoms with Gasteiger partial charge in [-0.25, -0.2) is 4.39 Å². The van der Waals surface area contributed by atoms with E-state index in [0.29, 0.717) is 10.6 Å². The standard InChI is InChI=1S/C16H15ClFNO/c17-14-2-1-3-15(18)13(14)9-20-11-5-6-12-10(8-11)4-7-16(12)19/h1-3,5-6,8,16H,4,7,9,19H2/t16-/m0/s1. The number of fused-ring (bicyclic) bond motifs is 1. The van der Waals surface area contributed by atoms with Crippen molar-refractivity contribution in [1.82, 2.24) is 0 Å². The first kappa shape index (κ1) is 13.4. The van der Waals surface area contributed by atoms with E-state index in [1.54, 1.807) is 12.1 Å². The Kier molecular flexibility index (Phi) is 3.64. The minimum atomic E-state index is -0.347. The zero-order chi connectivity index (χ0) is 14.1. The van der Waals surface area contributed by atoms with Crippen molar-refractivity contribution in [2.75, 3.05) is 0 Å². The lowest BCUT2D eigenvalue weighted by Crippen LogP contribution is -2.05. The quantitative estimate of drug-likeness (QED) is 0.927. The van der Waals surface area contributed by atoms with E-state index in [1.807, 2.05) is 18.2 Å². The molecule has 2 nitrogen and oxygen atoms in total. The summed E-state index contributed by atoms with van der Waals surface area (Å²) in [5.74, 6) is 0.373. The number of rotatable bonds is 3. The summed E-state index contributed by atoms with van der Waals surface area (Å²) in [5, 5.41) is 0.383. The Hall–Kier alpha value is -1.58. The predicted octanol–water partition coefficient (Wildman–Crippen LogP) is 4.00. The molecule has 2 aromatic rings. The molecule has 1 atom stereocenters. The Morgan fingerprint density at radius 1 is 1.30 bits per heavy atom. The van der Waals surface area contributed by atoms with Crippen molar-refractivity contribution < 1.29 is 9.13 Å². The summed E-state index contributed by atoms with van der Waals surface area (Å²) in [5.41, 5.74) is 8.77. The number of halogens is 2. The van der Waals surface area contributed by atoms with Crippen LogP contribution in [0.1, 0.15) is 29.2 Å². The van der Waals surface area contributed by atoms with Gasteiger partial charge in [-0.15, -0.1) is 0 Å². The Labute approximate surface area is 122 Å². The minimum absolute atomic E-state index is 0.121. The Morgan fingerprint density at radius 3 is 2.95 bits per heavy atom. The van der Waals surface area contributed by atoms with E-state index < -0.39 is 0 Å². The molecule has 0 heterocycles. The summed E-state index contributed by atoms with van der Waals surface area (Å²) < 4.78 is 19.3. The lowest BCUT2D eigenvalue weighted by molar-refractivity contribution is 0.299. The van der Waals surface area contributed by atoms with Crippen LogP contribution in [0.25, 0.3) is 0 Å². The Balaban J connectivity index is 1.76. The maximum absolute atomic E-state index is 13.6. The van der Waals surface area contributed by atoms with Crippen LogP contribution in [0, 0.1) is 5.82 Å². The molecular formula is C16H15ClFNO. The normalized spacial score (nSPS) is 17.1. The second kappa shape index (κ2) is 5.43. The fraction of sp³-hybridized carbons (Fsp3) is 0.250. The van der Waals surface area contributed by atoms with Crippen LogP contribution in [-0.4, -0.2) is 0 Å². The molecule has 0 fully saturated rings. The highest BCUT2D eigenvalue weighted by Gasteiger charge is 2.19. The van der Waals surface area contributed by atoms with E-state index in [0.717, 1.165) is 18.6 Å². The van der Waals surface area contributed by atoms with Gasteiger partial charge in [-0.2, -0.15) is 0 Å². The van der Waals surface area contributed by atoms with Crippen LogP contribution in [0.3, 0.4) is 0 Å². The van der Waals surface area contributed by atoms with E-state index in [-0.39, 0.29) is 18.5 Å². The lowest BCUT2D eigenvalue weighted by Gasteiger charge is -2.11. The van der Waals surface area contributed by atoms with Crippen LogP contribution in [0.4, 0.5) is 4.39 Å². The SMILES string of the molecule is N[C@H]1CCc2cc(OCc3c(F)cccc3Cl)ccc21. The maximum atomic E-state index is 13.6. The van der Waals surface area contributed by atoms with Crippen molar-refractivity contribution in [1.29, 1.82) is 0 Å². The number of ether oxygens (including phenoxy) is 1. The third-order valence-corrected chi connectivity index (χ3v) is 4.04. The predicted molar refractivity (Wildman–Crippen MR) is 77.4 cm³/mol. The van der Waals surface area contributed by atoms with Crippen molar-refractivity contribution in [2.45, 2.75) is 25.5 Å². The molecule has 0 unspecified atom stereocenters. The van der Waals surface area contributed by atoms with Gasteiger partial charge in [-0.3, -0.25) is 0 Å². The number of benzene rings is 2. The molecule has 0 aromatic heterocycles. The molecule has 2 N–H and O–H groups in total. The van der Waals surface area contributed by atoms with Gasteiger partial charge >= 0.3 is 0 Å². The summed E-state index contributed by atoms with van der Waals surface area (Å²) in [6.07, 6.45) is 1.94. The first-order valence-corrected chi connectivity index (χ1v) is 6.97. The molecular weight excluding hydrogens is 277 g/mol. The summed E-state index contributed by atoms with van der Waals surface area (Å²) in [6, 6.07) is 10.6. The van der Waals surface area contributed by atoms with Gasteiger partial charge in [0.1, 0.15) is 18.2 Å². The van der Waals surface area contributed by atoms with Crippen LogP contribution in [-0.2, 0) is 13.0 Å². The van der Waals surface area contributed by atoms with Gasteiger partial charge in [0.2, 0.25) is 0 Å². The Morgan fingerprint density at radius 2 is 2.15 bits per heavy atom. The molecule has 104 valence electrons. The fourth-order valence-electron chi connectivity index (χ4n) is 2.54. The van der Waals surface area contributed by atoms with E-state index in [4.69, 9.17) is 22.1 Å². The monoisotopic (exact) mass is 291 g/mol. The van der Waals surface area contributed by atoms with Gasteiger partial charge in [0, 0.05) is 11.6 Å². The maximum Gasteiger partial charge on any atom is 0.131 e. The molecule has 0 spiro atoms. The first-order chi connectivity index (χ1) is 9.65. The molecule has 0 saturated heterocycles. The van der Waals surface area contributed by atoms with E-state index in [1.165, 1.54) is 17.2 Å². The number of hydrogen-bond acceptors (Lipinski definition) is 2. The van der Waals surface area contributed by atoms with Gasteiger partial charge in [0.15, 0.2) is 0 Å². The average molecular weight is 292 g/mol. The Bertz CT molecular complexity index is 624. The van der Waals surface area contributed by atoms with Crippen molar-refractivity contribution in [3.05, 3.63) is 63.9 Å². The topological polar surface area (TPSA) is 35.2 Å². The van der Waals surface area contributed by atoms with Crippen molar-refractivity contribution in [3.63, 3.8) is 0 Å². The molecule has 0 radical (unpaired) electrons. The largest absolute Gasteiger partial charge is 0.489 e. The van der Waals surface area contributed by atoms with Crippen LogP contribution >= 0.6 is 11.6 Å². The van der Waals surface area contributed by atoms with Crippen molar-refractivity contribution in [3.8, 4) is 5.75 Å². The molecule has 0 bridgehead atoms. The van der Waals surface area contributed by atoms with E-state index in [2.05, 4.69) is 0 Å². The van der Waals surface area contributed by atoms with Crippen LogP contribution in [0.2, 0.25) is 5.02 Å². The van der Waals surface area contributed by atoms with Gasteiger partial charge in [0.05, 0.1) is 5.02 Å². The molecule has 3 rings (SSSR count). The number of hydrogen-bond donors (Lipinski definition) is 1. The molecule has 1 aliphatic rings. The smallest absolute Gasteiger partial charge is 0.131 e. The second-order valence-corrected chi connectivity index (χ2v) is 5.40.